The van der Waals surface area contributed by atoms with Gasteiger partial charge in [0.1, 0.15) is 0 Å². The van der Waals surface area contributed by atoms with Gasteiger partial charge in [0.25, 0.3) is 0 Å². The molecular formula is C19H32O6. The molecule has 0 spiro atoms. The van der Waals surface area contributed by atoms with E-state index in [1.807, 2.05) is 0 Å². The Kier molecular flexibility index (Phi) is 21.6. The zero-order chi connectivity index (χ0) is 20.3. The highest BCUT2D eigenvalue weighted by molar-refractivity contribution is 5.84. The smallest absolute Gasteiger partial charge is 0.330 e. The number of ether oxygens (including phenoxy) is 2. The molecule has 6 nitrogen and oxygen atoms in total. The Balaban J connectivity index is -0.000000336. The molecule has 0 heterocycles. The minimum atomic E-state index is -0.935. The van der Waals surface area contributed by atoms with E-state index in [2.05, 4.69) is 38.3 Å². The highest BCUT2D eigenvalue weighted by atomic mass is 16.5. The minimum Gasteiger partial charge on any atom is -0.478 e. The number of carboxylic acids is 1. The lowest BCUT2D eigenvalue weighted by Crippen LogP contribution is -2.01. The van der Waals surface area contributed by atoms with Crippen LogP contribution in [0.4, 0.5) is 0 Å². The van der Waals surface area contributed by atoms with Crippen LogP contribution in [0.3, 0.4) is 0 Å². The molecule has 0 saturated heterocycles. The fourth-order valence-corrected chi connectivity index (χ4v) is 1.18. The fraction of sp³-hybridized carbons (Fsp3) is 0.526. The summed E-state index contributed by atoms with van der Waals surface area (Å²) >= 11 is 0. The zero-order valence-electron chi connectivity index (χ0n) is 15.9. The molecule has 0 aromatic carbocycles. The number of unbranched alkanes of at least 4 members (excludes halogenated alkanes) is 2. The Morgan fingerprint density at radius 1 is 1.08 bits per heavy atom. The van der Waals surface area contributed by atoms with Crippen molar-refractivity contribution in [3.63, 3.8) is 0 Å². The lowest BCUT2D eigenvalue weighted by atomic mass is 10.1. The Bertz CT molecular complexity index is 412. The molecule has 0 atom stereocenters. The van der Waals surface area contributed by atoms with Crippen molar-refractivity contribution in [2.45, 2.75) is 53.4 Å². The molecule has 0 rings (SSSR count). The summed E-state index contributed by atoms with van der Waals surface area (Å²) in [7, 11) is 0. The van der Waals surface area contributed by atoms with Gasteiger partial charge in [-0.1, -0.05) is 52.8 Å². The van der Waals surface area contributed by atoms with E-state index in [0.717, 1.165) is 25.0 Å². The number of carboxylic acid groups (broad SMARTS) is 1. The highest BCUT2D eigenvalue weighted by Gasteiger charge is 1.96. The second kappa shape index (κ2) is 19.7. The second-order valence-corrected chi connectivity index (χ2v) is 5.48. The normalized spacial score (nSPS) is 8.68. The molecule has 1 N–H and O–H groups in total. The third-order valence-corrected chi connectivity index (χ3v) is 2.45. The second-order valence-electron chi connectivity index (χ2n) is 5.48. The van der Waals surface area contributed by atoms with Gasteiger partial charge in [0.05, 0.1) is 12.9 Å². The molecule has 0 fully saturated rings. The van der Waals surface area contributed by atoms with Gasteiger partial charge in [0, 0.05) is 18.6 Å². The fourth-order valence-electron chi connectivity index (χ4n) is 1.18. The summed E-state index contributed by atoms with van der Waals surface area (Å²) in [5.41, 5.74) is 0.176. The molecule has 0 aliphatic heterocycles. The summed E-state index contributed by atoms with van der Waals surface area (Å²) in [6.07, 6.45) is 6.89. The van der Waals surface area contributed by atoms with Crippen LogP contribution >= 0.6 is 0 Å². The Hall–Kier alpha value is -2.37. The van der Waals surface area contributed by atoms with Gasteiger partial charge in [-0.3, -0.25) is 4.79 Å². The van der Waals surface area contributed by atoms with Crippen molar-refractivity contribution >= 4 is 17.9 Å². The summed E-state index contributed by atoms with van der Waals surface area (Å²) in [4.78, 5) is 30.0. The van der Waals surface area contributed by atoms with Gasteiger partial charge in [-0.05, 0) is 19.3 Å². The van der Waals surface area contributed by atoms with Crippen LogP contribution in [-0.4, -0.2) is 29.6 Å². The molecule has 0 unspecified atom stereocenters. The average molecular weight is 356 g/mol. The maximum absolute atomic E-state index is 10.6. The number of aliphatic carboxylic acids is 1. The van der Waals surface area contributed by atoms with Crippen LogP contribution in [0.15, 0.2) is 37.6 Å². The Morgan fingerprint density at radius 3 is 1.88 bits per heavy atom. The number of carbonyl (C=O) groups is 3. The van der Waals surface area contributed by atoms with E-state index in [9.17, 15) is 14.4 Å². The summed E-state index contributed by atoms with van der Waals surface area (Å²) in [5, 5.41) is 7.89. The maximum Gasteiger partial charge on any atom is 0.330 e. The van der Waals surface area contributed by atoms with Gasteiger partial charge >= 0.3 is 17.9 Å². The van der Waals surface area contributed by atoms with Crippen molar-refractivity contribution in [3.8, 4) is 0 Å². The molecule has 0 aromatic rings. The van der Waals surface area contributed by atoms with Gasteiger partial charge in [-0.25, -0.2) is 9.59 Å². The van der Waals surface area contributed by atoms with E-state index in [1.54, 1.807) is 0 Å². The number of hydrogen-bond donors (Lipinski definition) is 1. The van der Waals surface area contributed by atoms with Crippen molar-refractivity contribution < 1.29 is 29.0 Å². The van der Waals surface area contributed by atoms with E-state index in [0.29, 0.717) is 6.61 Å². The molecule has 0 bridgehead atoms. The van der Waals surface area contributed by atoms with E-state index in [4.69, 9.17) is 9.84 Å². The summed E-state index contributed by atoms with van der Waals surface area (Å²) < 4.78 is 9.01. The third-order valence-electron chi connectivity index (χ3n) is 2.45. The number of carbonyl (C=O) groups excluding carboxylic acids is 2. The first-order chi connectivity index (χ1) is 11.6. The molecule has 144 valence electrons. The molecule has 0 aliphatic rings. The summed E-state index contributed by atoms with van der Waals surface area (Å²) in [6, 6.07) is 0. The minimum absolute atomic E-state index is 0.176. The van der Waals surface area contributed by atoms with Gasteiger partial charge in [-0.15, -0.1) is 0 Å². The molecular weight excluding hydrogens is 324 g/mol. The molecule has 0 radical (unpaired) electrons. The standard InChI is InChI=1S/C11H20O2.2C4H6O2/c1-4-11(12)13-9-7-5-6-8-10(2)3;1-3-6-4(2)5;1-3(2)4(5)6/h4,10H,1,5-9H2,2-3H3;3H,1H2,2H3;1H2,2H3,(H,5,6). The van der Waals surface area contributed by atoms with Crippen molar-refractivity contribution in [3.05, 3.63) is 37.6 Å². The van der Waals surface area contributed by atoms with Crippen molar-refractivity contribution in [1.82, 2.24) is 0 Å². The first-order valence-corrected chi connectivity index (χ1v) is 8.04. The van der Waals surface area contributed by atoms with Crippen LogP contribution in [0.2, 0.25) is 0 Å². The van der Waals surface area contributed by atoms with Crippen LogP contribution in [0, 0.1) is 5.92 Å². The number of rotatable bonds is 9. The summed E-state index contributed by atoms with van der Waals surface area (Å²) in [5.74, 6) is -0.806. The first kappa shape index (κ1) is 27.5. The van der Waals surface area contributed by atoms with E-state index in [-0.39, 0.29) is 17.5 Å². The van der Waals surface area contributed by atoms with Gasteiger partial charge in [0.2, 0.25) is 0 Å². The first-order valence-electron chi connectivity index (χ1n) is 8.04. The van der Waals surface area contributed by atoms with E-state index >= 15 is 0 Å². The van der Waals surface area contributed by atoms with Gasteiger partial charge in [-0.2, -0.15) is 0 Å². The maximum atomic E-state index is 10.6. The quantitative estimate of drug-likeness (QED) is 0.287. The number of esters is 2. The molecule has 6 heteroatoms. The lowest BCUT2D eigenvalue weighted by molar-refractivity contribution is -0.138. The van der Waals surface area contributed by atoms with Crippen molar-refractivity contribution in [1.29, 1.82) is 0 Å². The van der Waals surface area contributed by atoms with Crippen LogP contribution < -0.4 is 0 Å². The number of hydrogen-bond acceptors (Lipinski definition) is 5. The predicted octanol–water partition coefficient (Wildman–Crippen LogP) is 4.27. The summed E-state index contributed by atoms with van der Waals surface area (Å²) in [6.45, 7) is 17.4. The molecule has 25 heavy (non-hydrogen) atoms. The molecule has 0 amide bonds. The predicted molar refractivity (Wildman–Crippen MR) is 98.9 cm³/mol. The van der Waals surface area contributed by atoms with Crippen LogP contribution in [0.25, 0.3) is 0 Å². The Labute approximate surface area is 151 Å². The van der Waals surface area contributed by atoms with E-state index < -0.39 is 5.97 Å². The zero-order valence-corrected chi connectivity index (χ0v) is 15.9. The SMILES string of the molecule is C=C(C)C(=O)O.C=CC(=O)OCCCCCC(C)C.C=COC(C)=O. The third kappa shape index (κ3) is 34.1. The van der Waals surface area contributed by atoms with Crippen LogP contribution in [0.1, 0.15) is 53.4 Å². The Morgan fingerprint density at radius 2 is 1.60 bits per heavy atom. The van der Waals surface area contributed by atoms with E-state index in [1.165, 1.54) is 32.8 Å². The van der Waals surface area contributed by atoms with Crippen molar-refractivity contribution in [2.75, 3.05) is 6.61 Å². The molecule has 0 aliphatic carbocycles. The lowest BCUT2D eigenvalue weighted by Gasteiger charge is -2.04. The molecule has 0 saturated carbocycles. The van der Waals surface area contributed by atoms with Crippen molar-refractivity contribution in [2.24, 2.45) is 5.92 Å². The molecule has 0 aromatic heterocycles. The topological polar surface area (TPSA) is 89.9 Å². The highest BCUT2D eigenvalue weighted by Crippen LogP contribution is 2.07. The average Bonchev–Trinajstić information content (AvgIpc) is 2.51. The van der Waals surface area contributed by atoms with Crippen LogP contribution in [-0.2, 0) is 23.9 Å². The van der Waals surface area contributed by atoms with Gasteiger partial charge in [0.15, 0.2) is 0 Å². The monoisotopic (exact) mass is 356 g/mol. The largest absolute Gasteiger partial charge is 0.478 e. The van der Waals surface area contributed by atoms with Crippen LogP contribution in [0.5, 0.6) is 0 Å². The van der Waals surface area contributed by atoms with Gasteiger partial charge < -0.3 is 14.6 Å².